The molecule has 1 aliphatic rings. The molecular formula is C15H22N2O3. The summed E-state index contributed by atoms with van der Waals surface area (Å²) in [6, 6.07) is 1.89. The highest BCUT2D eigenvalue weighted by molar-refractivity contribution is 6.10. The van der Waals surface area contributed by atoms with Gasteiger partial charge in [0.2, 0.25) is 5.91 Å². The number of hydrogen-bond donors (Lipinski definition) is 0. The second-order valence-corrected chi connectivity index (χ2v) is 4.98. The van der Waals surface area contributed by atoms with Gasteiger partial charge in [0.1, 0.15) is 11.6 Å². The van der Waals surface area contributed by atoms with Crippen LogP contribution in [-0.4, -0.2) is 36.0 Å². The van der Waals surface area contributed by atoms with Crippen molar-refractivity contribution in [3.05, 3.63) is 11.1 Å². The van der Waals surface area contributed by atoms with E-state index < -0.39 is 5.91 Å². The Labute approximate surface area is 120 Å². The molecule has 0 radical (unpaired) electrons. The molecule has 0 bridgehead atoms. The predicted molar refractivity (Wildman–Crippen MR) is 74.6 cm³/mol. The van der Waals surface area contributed by atoms with Crippen molar-refractivity contribution in [2.75, 3.05) is 13.2 Å². The summed E-state index contributed by atoms with van der Waals surface area (Å²) >= 11 is 0. The minimum absolute atomic E-state index is 0.0492. The zero-order valence-corrected chi connectivity index (χ0v) is 12.4. The first kappa shape index (κ1) is 16.4. The summed E-state index contributed by atoms with van der Waals surface area (Å²) in [5, 5.41) is 8.98. The maximum atomic E-state index is 12.1. The van der Waals surface area contributed by atoms with Crippen LogP contribution in [-0.2, 0) is 14.3 Å². The van der Waals surface area contributed by atoms with Crippen molar-refractivity contribution in [1.82, 2.24) is 4.90 Å². The molecule has 0 aromatic rings. The molecule has 1 unspecified atom stereocenters. The van der Waals surface area contributed by atoms with Crippen LogP contribution in [0.5, 0.6) is 0 Å². The lowest BCUT2D eigenvalue weighted by Crippen LogP contribution is -2.42. The highest BCUT2D eigenvalue weighted by Gasteiger charge is 2.31. The fraction of sp³-hybridized carbons (Fsp3) is 0.667. The van der Waals surface area contributed by atoms with E-state index in [0.717, 1.165) is 12.8 Å². The van der Waals surface area contributed by atoms with Crippen molar-refractivity contribution in [1.29, 1.82) is 5.26 Å². The Balaban J connectivity index is 2.66. The van der Waals surface area contributed by atoms with Crippen LogP contribution in [0.15, 0.2) is 11.1 Å². The molecule has 0 N–H and O–H groups in total. The van der Waals surface area contributed by atoms with Gasteiger partial charge < -0.3 is 4.74 Å². The number of nitrogens with zero attached hydrogens (tertiary/aromatic N) is 2. The highest BCUT2D eigenvalue weighted by Crippen LogP contribution is 2.20. The zero-order chi connectivity index (χ0) is 15.1. The van der Waals surface area contributed by atoms with E-state index in [4.69, 9.17) is 10.00 Å². The molecular weight excluding hydrogens is 256 g/mol. The van der Waals surface area contributed by atoms with Gasteiger partial charge in [0.25, 0.3) is 5.91 Å². The van der Waals surface area contributed by atoms with Gasteiger partial charge in [-0.25, -0.2) is 0 Å². The van der Waals surface area contributed by atoms with E-state index in [9.17, 15) is 9.59 Å². The van der Waals surface area contributed by atoms with Crippen molar-refractivity contribution in [3.8, 4) is 6.07 Å². The second kappa shape index (κ2) is 7.81. The number of imide groups is 1. The molecule has 0 aliphatic carbocycles. The predicted octanol–water partition coefficient (Wildman–Crippen LogP) is 2.18. The summed E-state index contributed by atoms with van der Waals surface area (Å²) in [7, 11) is 0. The normalized spacial score (nSPS) is 17.4. The van der Waals surface area contributed by atoms with Gasteiger partial charge in [0.05, 0.1) is 6.10 Å². The van der Waals surface area contributed by atoms with Crippen molar-refractivity contribution in [3.63, 3.8) is 0 Å². The Kier molecular flexibility index (Phi) is 6.40. The number of nitriles is 1. The third kappa shape index (κ3) is 3.91. The first-order valence-corrected chi connectivity index (χ1v) is 7.11. The molecule has 0 aromatic carbocycles. The van der Waals surface area contributed by atoms with E-state index in [2.05, 4.69) is 0 Å². The fourth-order valence-corrected chi connectivity index (χ4v) is 2.17. The number of hydrogen-bond acceptors (Lipinski definition) is 4. The fourth-order valence-electron chi connectivity index (χ4n) is 2.17. The van der Waals surface area contributed by atoms with E-state index in [1.165, 1.54) is 4.90 Å². The van der Waals surface area contributed by atoms with E-state index >= 15 is 0 Å². The summed E-state index contributed by atoms with van der Waals surface area (Å²) in [5.41, 5.74) is 0.667. The van der Waals surface area contributed by atoms with E-state index in [-0.39, 0.29) is 24.0 Å². The molecule has 2 amide bonds. The topological polar surface area (TPSA) is 70.4 Å². The molecule has 5 nitrogen and oxygen atoms in total. The van der Waals surface area contributed by atoms with Gasteiger partial charge in [0.15, 0.2) is 0 Å². The van der Waals surface area contributed by atoms with Crippen molar-refractivity contribution < 1.29 is 14.3 Å². The molecule has 0 fully saturated rings. The number of carbonyl (C=O) groups is 2. The molecule has 20 heavy (non-hydrogen) atoms. The molecule has 1 rings (SSSR count). The summed E-state index contributed by atoms with van der Waals surface area (Å²) < 4.78 is 5.65. The highest BCUT2D eigenvalue weighted by atomic mass is 16.5. The van der Waals surface area contributed by atoms with E-state index in [1.54, 1.807) is 6.92 Å². The second-order valence-electron chi connectivity index (χ2n) is 4.98. The maximum absolute atomic E-state index is 12.1. The maximum Gasteiger partial charge on any atom is 0.271 e. The van der Waals surface area contributed by atoms with Crippen LogP contribution >= 0.6 is 0 Å². The van der Waals surface area contributed by atoms with Crippen LogP contribution < -0.4 is 0 Å². The Hall–Kier alpha value is -1.67. The van der Waals surface area contributed by atoms with Crippen LogP contribution in [0.1, 0.15) is 46.5 Å². The van der Waals surface area contributed by atoms with Gasteiger partial charge in [-0.2, -0.15) is 5.26 Å². The average Bonchev–Trinajstić information content (AvgIpc) is 2.42. The molecule has 0 saturated carbocycles. The summed E-state index contributed by atoms with van der Waals surface area (Å²) in [6.07, 6.45) is 2.61. The molecule has 0 spiro atoms. The Morgan fingerprint density at radius 2 is 2.10 bits per heavy atom. The lowest BCUT2D eigenvalue weighted by molar-refractivity contribution is -0.143. The monoisotopic (exact) mass is 278 g/mol. The van der Waals surface area contributed by atoms with Crippen LogP contribution in [0.25, 0.3) is 0 Å². The minimum atomic E-state index is -0.466. The van der Waals surface area contributed by atoms with Gasteiger partial charge in [0, 0.05) is 19.6 Å². The molecule has 1 atom stereocenters. The molecule has 1 heterocycles. The first-order chi connectivity index (χ1) is 9.54. The standard InChI is InChI=1S/C15H22N2O3/c1-4-8-20-12(5-2)6-7-17-14(18)9-11(3)13(10-16)15(17)19/h12H,4-9H2,1-3H3. The quantitative estimate of drug-likeness (QED) is 0.669. The number of rotatable bonds is 7. The largest absolute Gasteiger partial charge is 0.378 e. The van der Waals surface area contributed by atoms with E-state index in [1.807, 2.05) is 19.9 Å². The third-order valence-electron chi connectivity index (χ3n) is 3.40. The zero-order valence-electron chi connectivity index (χ0n) is 12.4. The van der Waals surface area contributed by atoms with Crippen molar-refractivity contribution >= 4 is 11.8 Å². The smallest absolute Gasteiger partial charge is 0.271 e. The van der Waals surface area contributed by atoms with Gasteiger partial charge in [-0.3, -0.25) is 14.5 Å². The van der Waals surface area contributed by atoms with Gasteiger partial charge in [-0.15, -0.1) is 0 Å². The van der Waals surface area contributed by atoms with Crippen molar-refractivity contribution in [2.45, 2.75) is 52.6 Å². The Bertz CT molecular complexity index is 449. The van der Waals surface area contributed by atoms with Crippen LogP contribution in [0.3, 0.4) is 0 Å². The Morgan fingerprint density at radius 1 is 1.40 bits per heavy atom. The third-order valence-corrected chi connectivity index (χ3v) is 3.40. The number of ether oxygens (including phenoxy) is 1. The summed E-state index contributed by atoms with van der Waals surface area (Å²) in [6.45, 7) is 6.72. The van der Waals surface area contributed by atoms with Crippen LogP contribution in [0.4, 0.5) is 0 Å². The first-order valence-electron chi connectivity index (χ1n) is 7.11. The van der Waals surface area contributed by atoms with Crippen molar-refractivity contribution in [2.24, 2.45) is 0 Å². The van der Waals surface area contributed by atoms with E-state index in [0.29, 0.717) is 25.1 Å². The molecule has 5 heteroatoms. The SMILES string of the molecule is CCCOC(CC)CCN1C(=O)CC(C)=C(C#N)C1=O. The van der Waals surface area contributed by atoms with Crippen LogP contribution in [0, 0.1) is 11.3 Å². The summed E-state index contributed by atoms with van der Waals surface area (Å²) in [5.74, 6) is -0.691. The summed E-state index contributed by atoms with van der Waals surface area (Å²) in [4.78, 5) is 25.2. The van der Waals surface area contributed by atoms with Gasteiger partial charge >= 0.3 is 0 Å². The number of amides is 2. The molecule has 0 aromatic heterocycles. The molecule has 1 aliphatic heterocycles. The van der Waals surface area contributed by atoms with Crippen LogP contribution in [0.2, 0.25) is 0 Å². The lowest BCUT2D eigenvalue weighted by atomic mass is 10.0. The van der Waals surface area contributed by atoms with Gasteiger partial charge in [-0.1, -0.05) is 13.8 Å². The minimum Gasteiger partial charge on any atom is -0.378 e. The molecule has 0 saturated heterocycles. The molecule has 110 valence electrons. The Morgan fingerprint density at radius 3 is 2.65 bits per heavy atom. The average molecular weight is 278 g/mol. The van der Waals surface area contributed by atoms with Gasteiger partial charge in [-0.05, 0) is 31.8 Å². The lowest BCUT2D eigenvalue weighted by Gasteiger charge is -2.27. The number of carbonyl (C=O) groups excluding carboxylic acids is 2.